The van der Waals surface area contributed by atoms with Crippen molar-refractivity contribution in [1.29, 1.82) is 0 Å². The van der Waals surface area contributed by atoms with Gasteiger partial charge in [0.1, 0.15) is 0 Å². The summed E-state index contributed by atoms with van der Waals surface area (Å²) in [6.07, 6.45) is 5.17. The van der Waals surface area contributed by atoms with Gasteiger partial charge in [-0.05, 0) is 30.7 Å². The van der Waals surface area contributed by atoms with E-state index in [0.29, 0.717) is 31.1 Å². The van der Waals surface area contributed by atoms with E-state index in [4.69, 9.17) is 0 Å². The van der Waals surface area contributed by atoms with Gasteiger partial charge in [0.15, 0.2) is 0 Å². The van der Waals surface area contributed by atoms with Crippen molar-refractivity contribution < 1.29 is 13.2 Å². The fourth-order valence-electron chi connectivity index (χ4n) is 3.10. The molecule has 0 spiro atoms. The number of rotatable bonds is 7. The Morgan fingerprint density at radius 3 is 2.37 bits per heavy atom. The van der Waals surface area contributed by atoms with E-state index in [9.17, 15) is 13.2 Å². The van der Waals surface area contributed by atoms with Crippen molar-refractivity contribution >= 4 is 28.2 Å². The number of amides is 1. The Morgan fingerprint density at radius 1 is 1.03 bits per heavy atom. The molecule has 1 amide bonds. The molecule has 0 bridgehead atoms. The van der Waals surface area contributed by atoms with Gasteiger partial charge in [-0.15, -0.1) is 0 Å². The van der Waals surface area contributed by atoms with Gasteiger partial charge < -0.3 is 0 Å². The van der Waals surface area contributed by atoms with Gasteiger partial charge in [-0.3, -0.25) is 9.69 Å². The molecule has 1 aliphatic rings. The van der Waals surface area contributed by atoms with Crippen LogP contribution in [0.2, 0.25) is 0 Å². The van der Waals surface area contributed by atoms with Crippen LogP contribution in [0.1, 0.15) is 11.1 Å². The van der Waals surface area contributed by atoms with E-state index in [1.165, 1.54) is 10.5 Å². The highest BCUT2D eigenvalue weighted by Gasteiger charge is 2.28. The molecule has 0 unspecified atom stereocenters. The van der Waals surface area contributed by atoms with Crippen LogP contribution in [-0.2, 0) is 14.8 Å². The Bertz CT molecular complexity index is 994. The SMILES string of the molecule is Cc1ccc(S(=O)(=O)N2CCN(CC(=O)NN=C/C=C/c3ccccc3)CC2)cc1. The fourth-order valence-corrected chi connectivity index (χ4v) is 4.52. The Balaban J connectivity index is 1.43. The molecule has 158 valence electrons. The topological polar surface area (TPSA) is 82.1 Å². The van der Waals surface area contributed by atoms with Gasteiger partial charge >= 0.3 is 0 Å². The zero-order valence-corrected chi connectivity index (χ0v) is 17.8. The van der Waals surface area contributed by atoms with Crippen LogP contribution in [0.5, 0.6) is 0 Å². The first kappa shape index (κ1) is 21.9. The molecule has 0 aliphatic carbocycles. The highest BCUT2D eigenvalue weighted by atomic mass is 32.2. The normalized spacial score (nSPS) is 16.3. The summed E-state index contributed by atoms with van der Waals surface area (Å²) in [5, 5.41) is 3.91. The minimum atomic E-state index is -3.50. The molecule has 1 saturated heterocycles. The van der Waals surface area contributed by atoms with E-state index in [0.717, 1.165) is 11.1 Å². The Kier molecular flexibility index (Phi) is 7.51. The number of carbonyl (C=O) groups excluding carboxylic acids is 1. The first-order valence-corrected chi connectivity index (χ1v) is 11.2. The maximum Gasteiger partial charge on any atom is 0.254 e. The average molecular weight is 427 g/mol. The third-order valence-corrected chi connectivity index (χ3v) is 6.71. The highest BCUT2D eigenvalue weighted by molar-refractivity contribution is 7.89. The second kappa shape index (κ2) is 10.3. The largest absolute Gasteiger partial charge is 0.292 e. The lowest BCUT2D eigenvalue weighted by Crippen LogP contribution is -2.50. The lowest BCUT2D eigenvalue weighted by molar-refractivity contribution is -0.122. The molecular weight excluding hydrogens is 400 g/mol. The zero-order valence-electron chi connectivity index (χ0n) is 16.9. The molecule has 0 aromatic heterocycles. The van der Waals surface area contributed by atoms with Gasteiger partial charge in [0.05, 0.1) is 11.4 Å². The second-order valence-corrected chi connectivity index (χ2v) is 9.01. The van der Waals surface area contributed by atoms with Crippen molar-refractivity contribution in [3.8, 4) is 0 Å². The number of sulfonamides is 1. The number of hydrazone groups is 1. The standard InChI is InChI=1S/C22H26N4O3S/c1-19-9-11-21(12-10-19)30(28,29)26-16-14-25(15-17-26)18-22(27)24-23-13-5-8-20-6-3-2-4-7-20/h2-13H,14-18H2,1H3,(H,24,27)/b8-5+,23-13?. The highest BCUT2D eigenvalue weighted by Crippen LogP contribution is 2.18. The molecule has 1 N–H and O–H groups in total. The van der Waals surface area contributed by atoms with Crippen molar-refractivity contribution in [2.75, 3.05) is 32.7 Å². The first-order valence-electron chi connectivity index (χ1n) is 9.78. The molecule has 1 heterocycles. The minimum absolute atomic E-state index is 0.179. The number of allylic oxidation sites excluding steroid dienone is 1. The molecule has 2 aromatic carbocycles. The van der Waals surface area contributed by atoms with Crippen LogP contribution >= 0.6 is 0 Å². The van der Waals surface area contributed by atoms with Gasteiger partial charge in [-0.2, -0.15) is 9.41 Å². The quantitative estimate of drug-likeness (QED) is 0.543. The smallest absolute Gasteiger partial charge is 0.254 e. The third kappa shape index (κ3) is 6.09. The van der Waals surface area contributed by atoms with Gasteiger partial charge in [-0.25, -0.2) is 13.8 Å². The number of nitrogens with zero attached hydrogens (tertiary/aromatic N) is 3. The predicted molar refractivity (Wildman–Crippen MR) is 118 cm³/mol. The lowest BCUT2D eigenvalue weighted by atomic mass is 10.2. The number of benzene rings is 2. The van der Waals surface area contributed by atoms with Crippen LogP contribution in [-0.4, -0.2) is 62.5 Å². The van der Waals surface area contributed by atoms with E-state index in [-0.39, 0.29) is 12.5 Å². The number of carbonyl (C=O) groups is 1. The molecule has 30 heavy (non-hydrogen) atoms. The van der Waals surface area contributed by atoms with Gasteiger partial charge in [0.25, 0.3) is 5.91 Å². The molecule has 8 heteroatoms. The Hall–Kier alpha value is -2.81. The van der Waals surface area contributed by atoms with Crippen molar-refractivity contribution in [2.45, 2.75) is 11.8 Å². The number of hydrogen-bond donors (Lipinski definition) is 1. The minimum Gasteiger partial charge on any atom is -0.292 e. The van der Waals surface area contributed by atoms with E-state index in [2.05, 4.69) is 10.5 Å². The number of hydrogen-bond acceptors (Lipinski definition) is 5. The summed E-state index contributed by atoms with van der Waals surface area (Å²) in [6, 6.07) is 16.6. The van der Waals surface area contributed by atoms with Crippen molar-refractivity contribution in [3.63, 3.8) is 0 Å². The second-order valence-electron chi connectivity index (χ2n) is 7.08. The lowest BCUT2D eigenvalue weighted by Gasteiger charge is -2.33. The maximum absolute atomic E-state index is 12.7. The Labute approximate surface area is 177 Å². The van der Waals surface area contributed by atoms with Gasteiger partial charge in [0, 0.05) is 32.4 Å². The summed E-state index contributed by atoms with van der Waals surface area (Å²) < 4.78 is 26.9. The molecular formula is C22H26N4O3S. The van der Waals surface area contributed by atoms with E-state index >= 15 is 0 Å². The molecule has 0 radical (unpaired) electrons. The van der Waals surface area contributed by atoms with Gasteiger partial charge in [0.2, 0.25) is 10.0 Å². The van der Waals surface area contributed by atoms with Crippen LogP contribution in [0.25, 0.3) is 6.08 Å². The summed E-state index contributed by atoms with van der Waals surface area (Å²) >= 11 is 0. The summed E-state index contributed by atoms with van der Waals surface area (Å²) in [6.45, 7) is 3.80. The monoisotopic (exact) mass is 426 g/mol. The van der Waals surface area contributed by atoms with Crippen molar-refractivity contribution in [3.05, 3.63) is 71.8 Å². The zero-order chi connectivity index (χ0) is 21.4. The summed E-state index contributed by atoms with van der Waals surface area (Å²) in [5.41, 5.74) is 4.56. The van der Waals surface area contributed by atoms with Crippen LogP contribution in [0.3, 0.4) is 0 Å². The Morgan fingerprint density at radius 2 is 1.70 bits per heavy atom. The third-order valence-electron chi connectivity index (χ3n) is 4.80. The van der Waals surface area contributed by atoms with Crippen LogP contribution < -0.4 is 5.43 Å². The van der Waals surface area contributed by atoms with E-state index in [1.54, 1.807) is 30.3 Å². The van der Waals surface area contributed by atoms with E-state index < -0.39 is 10.0 Å². The van der Waals surface area contributed by atoms with Crippen molar-refractivity contribution in [1.82, 2.24) is 14.6 Å². The van der Waals surface area contributed by atoms with Gasteiger partial charge in [-0.1, -0.05) is 54.1 Å². The molecule has 1 aliphatic heterocycles. The predicted octanol–water partition coefficient (Wildman–Crippen LogP) is 2.12. The number of aryl methyl sites for hydroxylation is 1. The first-order chi connectivity index (χ1) is 14.4. The molecule has 7 nitrogen and oxygen atoms in total. The van der Waals surface area contributed by atoms with Crippen LogP contribution in [0, 0.1) is 6.92 Å². The van der Waals surface area contributed by atoms with Crippen LogP contribution in [0.4, 0.5) is 0 Å². The number of nitrogens with one attached hydrogen (secondary N) is 1. The van der Waals surface area contributed by atoms with Crippen molar-refractivity contribution in [2.24, 2.45) is 5.10 Å². The molecule has 3 rings (SSSR count). The molecule has 0 atom stereocenters. The van der Waals surface area contributed by atoms with E-state index in [1.807, 2.05) is 48.2 Å². The average Bonchev–Trinajstić information content (AvgIpc) is 2.75. The number of piperazine rings is 1. The summed E-state index contributed by atoms with van der Waals surface area (Å²) in [4.78, 5) is 14.3. The molecule has 0 saturated carbocycles. The molecule has 1 fully saturated rings. The maximum atomic E-state index is 12.7. The summed E-state index contributed by atoms with van der Waals surface area (Å²) in [5.74, 6) is -0.228. The van der Waals surface area contributed by atoms with Crippen LogP contribution in [0.15, 0.2) is 70.7 Å². The fraction of sp³-hybridized carbons (Fsp3) is 0.273. The summed E-state index contributed by atoms with van der Waals surface area (Å²) in [7, 11) is -3.50. The molecule has 2 aromatic rings.